The van der Waals surface area contributed by atoms with E-state index in [0.717, 1.165) is 22.6 Å². The zero-order valence-electron chi connectivity index (χ0n) is 16.7. The third-order valence-electron chi connectivity index (χ3n) is 4.02. The van der Waals surface area contributed by atoms with Crippen molar-refractivity contribution in [1.29, 1.82) is 0 Å². The van der Waals surface area contributed by atoms with Crippen LogP contribution in [0, 0.1) is 0 Å². The molecule has 27 heavy (non-hydrogen) atoms. The van der Waals surface area contributed by atoms with Crippen LogP contribution in [0.3, 0.4) is 0 Å². The van der Waals surface area contributed by atoms with E-state index in [1.165, 1.54) is 6.92 Å². The summed E-state index contributed by atoms with van der Waals surface area (Å²) >= 11 is 0. The second kappa shape index (κ2) is 8.81. The Bertz CT molecular complexity index is 774. The van der Waals surface area contributed by atoms with Gasteiger partial charge in [-0.1, -0.05) is 32.9 Å². The van der Waals surface area contributed by atoms with Crippen molar-refractivity contribution in [3.05, 3.63) is 47.3 Å². The monoisotopic (exact) mass is 371 g/mol. The van der Waals surface area contributed by atoms with E-state index in [1.54, 1.807) is 0 Å². The largest absolute Gasteiger partial charge is 0.351 e. The number of hydrogen-bond donors (Lipinski definition) is 3. The molecule has 0 aliphatic carbocycles. The van der Waals surface area contributed by atoms with Gasteiger partial charge in [0.05, 0.1) is 12.2 Å². The number of H-pyrrole nitrogens is 1. The molecule has 146 valence electrons. The van der Waals surface area contributed by atoms with E-state index in [0.29, 0.717) is 19.6 Å². The third-order valence-corrected chi connectivity index (χ3v) is 4.02. The first-order chi connectivity index (χ1) is 12.6. The van der Waals surface area contributed by atoms with Gasteiger partial charge < -0.3 is 10.6 Å². The molecular weight excluding hydrogens is 342 g/mol. The number of carbonyl (C=O) groups is 2. The Hall–Kier alpha value is -2.67. The van der Waals surface area contributed by atoms with Crippen LogP contribution in [0.1, 0.15) is 44.6 Å². The van der Waals surface area contributed by atoms with Crippen LogP contribution in [0.4, 0.5) is 5.69 Å². The number of benzene rings is 1. The summed E-state index contributed by atoms with van der Waals surface area (Å²) < 4.78 is 0. The summed E-state index contributed by atoms with van der Waals surface area (Å²) in [5, 5.41) is 13.0. The summed E-state index contributed by atoms with van der Waals surface area (Å²) in [5.41, 5.74) is 3.72. The van der Waals surface area contributed by atoms with Crippen molar-refractivity contribution >= 4 is 17.5 Å². The minimum Gasteiger partial charge on any atom is -0.351 e. The molecule has 0 unspecified atom stereocenters. The summed E-state index contributed by atoms with van der Waals surface area (Å²) in [5.74, 6) is -0.148. The SMILES string of the molecule is CC(=O)Nc1ccc(CNC(=O)CN(C)Cc2cc(C(C)(C)C)n[nH]2)cc1. The standard InChI is InChI=1S/C20H29N5O2/c1-14(26)22-16-8-6-15(7-9-16)11-21-19(27)13-25(5)12-17-10-18(24-23-17)20(2,3)4/h6-10H,11-13H2,1-5H3,(H,21,27)(H,22,26)(H,23,24). The molecule has 7 heteroatoms. The van der Waals surface area contributed by atoms with Gasteiger partial charge in [-0.3, -0.25) is 19.6 Å². The van der Waals surface area contributed by atoms with Gasteiger partial charge in [0.15, 0.2) is 0 Å². The van der Waals surface area contributed by atoms with Gasteiger partial charge in [-0.05, 0) is 30.8 Å². The van der Waals surface area contributed by atoms with Gasteiger partial charge in [-0.25, -0.2) is 0 Å². The summed E-state index contributed by atoms with van der Waals surface area (Å²) in [4.78, 5) is 25.1. The van der Waals surface area contributed by atoms with E-state index in [9.17, 15) is 9.59 Å². The number of hydrogen-bond acceptors (Lipinski definition) is 4. The fraction of sp³-hybridized carbons (Fsp3) is 0.450. The third kappa shape index (κ3) is 6.86. The predicted octanol–water partition coefficient (Wildman–Crippen LogP) is 2.41. The summed E-state index contributed by atoms with van der Waals surface area (Å²) in [7, 11) is 1.90. The fourth-order valence-corrected chi connectivity index (χ4v) is 2.58. The maximum atomic E-state index is 12.2. The molecule has 2 aromatic rings. The molecule has 1 aromatic carbocycles. The average Bonchev–Trinajstić information content (AvgIpc) is 3.02. The molecule has 0 saturated carbocycles. The van der Waals surface area contributed by atoms with Gasteiger partial charge in [-0.15, -0.1) is 0 Å². The number of aromatic nitrogens is 2. The van der Waals surface area contributed by atoms with E-state index in [4.69, 9.17) is 0 Å². The Labute approximate surface area is 160 Å². The number of nitrogens with zero attached hydrogens (tertiary/aromatic N) is 2. The molecule has 0 bridgehead atoms. The van der Waals surface area contributed by atoms with Crippen molar-refractivity contribution in [2.24, 2.45) is 0 Å². The number of nitrogens with one attached hydrogen (secondary N) is 3. The highest BCUT2D eigenvalue weighted by Gasteiger charge is 2.18. The van der Waals surface area contributed by atoms with Gasteiger partial charge in [0.25, 0.3) is 0 Å². The highest BCUT2D eigenvalue weighted by molar-refractivity contribution is 5.88. The van der Waals surface area contributed by atoms with Crippen LogP contribution in [0.2, 0.25) is 0 Å². The van der Waals surface area contributed by atoms with Crippen LogP contribution in [0.25, 0.3) is 0 Å². The van der Waals surface area contributed by atoms with E-state index in [2.05, 4.69) is 41.6 Å². The lowest BCUT2D eigenvalue weighted by Gasteiger charge is -2.16. The van der Waals surface area contributed by atoms with Gasteiger partial charge in [0.2, 0.25) is 11.8 Å². The topological polar surface area (TPSA) is 90.1 Å². The number of amides is 2. The summed E-state index contributed by atoms with van der Waals surface area (Å²) in [6.07, 6.45) is 0. The molecule has 0 atom stereocenters. The lowest BCUT2D eigenvalue weighted by Crippen LogP contribution is -2.34. The molecule has 7 nitrogen and oxygen atoms in total. The molecule has 0 saturated heterocycles. The number of likely N-dealkylation sites (N-methyl/N-ethyl adjacent to an activating group) is 1. The molecule has 1 aromatic heterocycles. The first kappa shape index (κ1) is 20.6. The molecule has 0 fully saturated rings. The van der Waals surface area contributed by atoms with Crippen LogP contribution >= 0.6 is 0 Å². The Morgan fingerprint density at radius 2 is 1.85 bits per heavy atom. The molecular formula is C20H29N5O2. The van der Waals surface area contributed by atoms with E-state index < -0.39 is 0 Å². The molecule has 0 radical (unpaired) electrons. The maximum absolute atomic E-state index is 12.2. The van der Waals surface area contributed by atoms with Crippen LogP contribution in [0.15, 0.2) is 30.3 Å². The molecule has 0 aliphatic rings. The quantitative estimate of drug-likeness (QED) is 0.697. The van der Waals surface area contributed by atoms with Gasteiger partial charge in [0, 0.05) is 36.8 Å². The zero-order valence-corrected chi connectivity index (χ0v) is 16.7. The molecule has 1 heterocycles. The predicted molar refractivity (Wildman–Crippen MR) is 106 cm³/mol. The van der Waals surface area contributed by atoms with Crippen LogP contribution in [-0.2, 0) is 28.1 Å². The van der Waals surface area contributed by atoms with Crippen LogP contribution in [-0.4, -0.2) is 40.5 Å². The minimum atomic E-state index is -0.106. The Morgan fingerprint density at radius 3 is 2.41 bits per heavy atom. The second-order valence-corrected chi connectivity index (χ2v) is 7.86. The Morgan fingerprint density at radius 1 is 1.19 bits per heavy atom. The van der Waals surface area contributed by atoms with Crippen molar-refractivity contribution in [2.45, 2.75) is 46.2 Å². The Kier molecular flexibility index (Phi) is 6.74. The maximum Gasteiger partial charge on any atom is 0.234 e. The Balaban J connectivity index is 1.78. The molecule has 3 N–H and O–H groups in total. The van der Waals surface area contributed by atoms with Crippen molar-refractivity contribution < 1.29 is 9.59 Å². The highest BCUT2D eigenvalue weighted by atomic mass is 16.2. The molecule has 2 rings (SSSR count). The smallest absolute Gasteiger partial charge is 0.234 e. The summed E-state index contributed by atoms with van der Waals surface area (Å²) in [6.45, 7) is 9.20. The lowest BCUT2D eigenvalue weighted by molar-refractivity contribution is -0.122. The molecule has 2 amide bonds. The fourth-order valence-electron chi connectivity index (χ4n) is 2.58. The van der Waals surface area contributed by atoms with Crippen molar-refractivity contribution in [1.82, 2.24) is 20.4 Å². The van der Waals surface area contributed by atoms with Crippen LogP contribution in [0.5, 0.6) is 0 Å². The van der Waals surface area contributed by atoms with Crippen molar-refractivity contribution in [3.8, 4) is 0 Å². The minimum absolute atomic E-state index is 0.000181. The highest BCUT2D eigenvalue weighted by Crippen LogP contribution is 2.20. The van der Waals surface area contributed by atoms with Crippen molar-refractivity contribution in [3.63, 3.8) is 0 Å². The van der Waals surface area contributed by atoms with E-state index in [-0.39, 0.29) is 17.2 Å². The van der Waals surface area contributed by atoms with Crippen molar-refractivity contribution in [2.75, 3.05) is 18.9 Å². The molecule has 0 spiro atoms. The van der Waals surface area contributed by atoms with Gasteiger partial charge in [0.1, 0.15) is 0 Å². The second-order valence-electron chi connectivity index (χ2n) is 7.86. The zero-order chi connectivity index (χ0) is 20.0. The molecule has 0 aliphatic heterocycles. The van der Waals surface area contributed by atoms with Gasteiger partial charge in [-0.2, -0.15) is 5.10 Å². The lowest BCUT2D eigenvalue weighted by atomic mass is 9.92. The number of rotatable bonds is 7. The van der Waals surface area contributed by atoms with E-state index >= 15 is 0 Å². The first-order valence-electron chi connectivity index (χ1n) is 9.00. The summed E-state index contributed by atoms with van der Waals surface area (Å²) in [6, 6.07) is 9.45. The number of anilines is 1. The number of carbonyl (C=O) groups excluding carboxylic acids is 2. The van der Waals surface area contributed by atoms with Gasteiger partial charge >= 0.3 is 0 Å². The first-order valence-corrected chi connectivity index (χ1v) is 9.00. The normalized spacial score (nSPS) is 11.5. The average molecular weight is 371 g/mol. The van der Waals surface area contributed by atoms with E-state index in [1.807, 2.05) is 42.3 Å². The number of aromatic amines is 1. The van der Waals surface area contributed by atoms with Crippen LogP contribution < -0.4 is 10.6 Å².